The third-order valence-corrected chi connectivity index (χ3v) is 7.28. The molecule has 4 heteroatoms. The van der Waals surface area contributed by atoms with Crippen molar-refractivity contribution in [2.75, 3.05) is 23.1 Å². The molecule has 2 rings (SSSR count). The molecule has 0 saturated carbocycles. The lowest BCUT2D eigenvalue weighted by atomic mass is 9.80. The van der Waals surface area contributed by atoms with Crippen LogP contribution < -0.4 is 9.47 Å². The molecule has 2 aromatic rings. The second-order valence-corrected chi connectivity index (χ2v) is 7.34. The lowest BCUT2D eigenvalue weighted by Crippen LogP contribution is -2.30. The standard InChI is InChI=1S/C19H22I2O2/c1-22-17-7-3-15(4-8-17)11-19(13-20,14-21)12-16-5-9-18(23-2)10-6-16/h3-10H,11-14H2,1-2H3. The second-order valence-electron chi connectivity index (χ2n) is 5.82. The van der Waals surface area contributed by atoms with E-state index in [1.807, 2.05) is 24.3 Å². The van der Waals surface area contributed by atoms with Crippen molar-refractivity contribution in [1.29, 1.82) is 0 Å². The van der Waals surface area contributed by atoms with Gasteiger partial charge in [0.15, 0.2) is 0 Å². The maximum absolute atomic E-state index is 5.25. The van der Waals surface area contributed by atoms with Gasteiger partial charge in [-0.15, -0.1) is 0 Å². The summed E-state index contributed by atoms with van der Waals surface area (Å²) in [4.78, 5) is 0. The van der Waals surface area contributed by atoms with Crippen molar-refractivity contribution in [3.8, 4) is 11.5 Å². The number of hydrogen-bond acceptors (Lipinski definition) is 2. The van der Waals surface area contributed by atoms with Gasteiger partial charge in [0.05, 0.1) is 14.2 Å². The summed E-state index contributed by atoms with van der Waals surface area (Å²) in [5, 5.41) is 0. The first-order chi connectivity index (χ1) is 11.1. The van der Waals surface area contributed by atoms with Gasteiger partial charge in [0.2, 0.25) is 0 Å². The van der Waals surface area contributed by atoms with Crippen LogP contribution >= 0.6 is 45.2 Å². The molecule has 0 saturated heterocycles. The van der Waals surface area contributed by atoms with Crippen molar-refractivity contribution in [2.24, 2.45) is 5.41 Å². The van der Waals surface area contributed by atoms with Crippen LogP contribution in [0.15, 0.2) is 48.5 Å². The van der Waals surface area contributed by atoms with Crippen LogP contribution in [0.1, 0.15) is 11.1 Å². The summed E-state index contributed by atoms with van der Waals surface area (Å²) in [7, 11) is 3.41. The van der Waals surface area contributed by atoms with Crippen LogP contribution in [-0.4, -0.2) is 23.1 Å². The molecule has 0 bridgehead atoms. The fourth-order valence-electron chi connectivity index (χ4n) is 2.64. The molecule has 0 spiro atoms. The van der Waals surface area contributed by atoms with Crippen molar-refractivity contribution >= 4 is 45.2 Å². The lowest BCUT2D eigenvalue weighted by molar-refractivity contribution is 0.391. The van der Waals surface area contributed by atoms with Crippen molar-refractivity contribution in [3.05, 3.63) is 59.7 Å². The minimum atomic E-state index is 0.268. The SMILES string of the molecule is COc1ccc(CC(CI)(CI)Cc2ccc(OC)cc2)cc1. The number of halogens is 2. The Labute approximate surface area is 166 Å². The van der Waals surface area contributed by atoms with Crippen molar-refractivity contribution in [3.63, 3.8) is 0 Å². The Hall–Kier alpha value is -0.500. The topological polar surface area (TPSA) is 18.5 Å². The molecule has 0 radical (unpaired) electrons. The molecule has 0 fully saturated rings. The Balaban J connectivity index is 2.16. The molecule has 0 unspecified atom stereocenters. The smallest absolute Gasteiger partial charge is 0.118 e. The number of ether oxygens (including phenoxy) is 2. The maximum Gasteiger partial charge on any atom is 0.118 e. The summed E-state index contributed by atoms with van der Waals surface area (Å²) in [6.07, 6.45) is 2.16. The highest BCUT2D eigenvalue weighted by molar-refractivity contribution is 14.1. The minimum absolute atomic E-state index is 0.268. The van der Waals surface area contributed by atoms with Crippen molar-refractivity contribution < 1.29 is 9.47 Å². The summed E-state index contributed by atoms with van der Waals surface area (Å²) in [6, 6.07) is 16.9. The van der Waals surface area contributed by atoms with Crippen LogP contribution in [0.25, 0.3) is 0 Å². The molecule has 2 aromatic carbocycles. The van der Waals surface area contributed by atoms with E-state index in [0.717, 1.165) is 33.2 Å². The normalized spacial score (nSPS) is 11.3. The third-order valence-electron chi connectivity index (χ3n) is 4.04. The van der Waals surface area contributed by atoms with E-state index >= 15 is 0 Å². The van der Waals surface area contributed by atoms with Crippen LogP contribution in [0.5, 0.6) is 11.5 Å². The molecule has 2 nitrogen and oxygen atoms in total. The molecule has 23 heavy (non-hydrogen) atoms. The van der Waals surface area contributed by atoms with E-state index in [1.165, 1.54) is 11.1 Å². The summed E-state index contributed by atoms with van der Waals surface area (Å²) in [5.41, 5.74) is 3.00. The van der Waals surface area contributed by atoms with E-state index in [2.05, 4.69) is 69.4 Å². The third kappa shape index (κ3) is 5.24. The zero-order valence-electron chi connectivity index (χ0n) is 13.5. The zero-order valence-corrected chi connectivity index (χ0v) is 17.8. The molecule has 0 amide bonds. The quantitative estimate of drug-likeness (QED) is 0.335. The van der Waals surface area contributed by atoms with Gasteiger partial charge in [-0.1, -0.05) is 69.4 Å². The van der Waals surface area contributed by atoms with Crippen LogP contribution in [0, 0.1) is 5.41 Å². The van der Waals surface area contributed by atoms with Crippen molar-refractivity contribution in [2.45, 2.75) is 12.8 Å². The van der Waals surface area contributed by atoms with Gasteiger partial charge in [0.1, 0.15) is 11.5 Å². The van der Waals surface area contributed by atoms with Gasteiger partial charge >= 0.3 is 0 Å². The molecule has 0 atom stereocenters. The highest BCUT2D eigenvalue weighted by Gasteiger charge is 2.28. The summed E-state index contributed by atoms with van der Waals surface area (Å²) < 4.78 is 12.8. The number of hydrogen-bond donors (Lipinski definition) is 0. The first kappa shape index (κ1) is 18.8. The van der Waals surface area contributed by atoms with E-state index in [-0.39, 0.29) is 5.41 Å². The average Bonchev–Trinajstić information content (AvgIpc) is 2.62. The highest BCUT2D eigenvalue weighted by Crippen LogP contribution is 2.33. The van der Waals surface area contributed by atoms with Crippen molar-refractivity contribution in [1.82, 2.24) is 0 Å². The molecule has 0 aliphatic carbocycles. The summed E-state index contributed by atoms with van der Waals surface area (Å²) >= 11 is 5.06. The second kappa shape index (κ2) is 9.11. The van der Waals surface area contributed by atoms with Gasteiger partial charge in [0.25, 0.3) is 0 Å². The molecule has 0 aliphatic heterocycles. The van der Waals surface area contributed by atoms with Crippen LogP contribution in [0.2, 0.25) is 0 Å². The van der Waals surface area contributed by atoms with E-state index < -0.39 is 0 Å². The fourth-order valence-corrected chi connectivity index (χ4v) is 5.29. The van der Waals surface area contributed by atoms with E-state index in [9.17, 15) is 0 Å². The zero-order chi connectivity index (χ0) is 16.7. The summed E-state index contributed by atoms with van der Waals surface area (Å²) in [5.74, 6) is 1.83. The predicted octanol–water partition coefficient (Wildman–Crippen LogP) is 5.35. The molecule has 124 valence electrons. The number of alkyl halides is 2. The van der Waals surface area contributed by atoms with Crippen LogP contribution in [-0.2, 0) is 12.8 Å². The Morgan fingerprint density at radius 3 is 1.30 bits per heavy atom. The van der Waals surface area contributed by atoms with E-state index in [4.69, 9.17) is 9.47 Å². The molecule has 0 aromatic heterocycles. The minimum Gasteiger partial charge on any atom is -0.497 e. The molecule has 0 aliphatic rings. The Bertz CT molecular complexity index is 538. The van der Waals surface area contributed by atoms with Gasteiger partial charge in [-0.2, -0.15) is 0 Å². The average molecular weight is 536 g/mol. The Morgan fingerprint density at radius 2 is 1.04 bits per heavy atom. The Morgan fingerprint density at radius 1 is 0.696 bits per heavy atom. The maximum atomic E-state index is 5.25. The molecular weight excluding hydrogens is 514 g/mol. The fraction of sp³-hybridized carbons (Fsp3) is 0.368. The highest BCUT2D eigenvalue weighted by atomic mass is 127. The van der Waals surface area contributed by atoms with Gasteiger partial charge < -0.3 is 9.47 Å². The first-order valence-electron chi connectivity index (χ1n) is 7.52. The number of methoxy groups -OCH3 is 2. The van der Waals surface area contributed by atoms with Crippen LogP contribution in [0.4, 0.5) is 0 Å². The molecular formula is C19H22I2O2. The lowest BCUT2D eigenvalue weighted by Gasteiger charge is -2.30. The van der Waals surface area contributed by atoms with Crippen LogP contribution in [0.3, 0.4) is 0 Å². The van der Waals surface area contributed by atoms with Gasteiger partial charge in [-0.25, -0.2) is 0 Å². The van der Waals surface area contributed by atoms with Gasteiger partial charge in [-0.05, 0) is 53.6 Å². The first-order valence-corrected chi connectivity index (χ1v) is 10.6. The molecule has 0 heterocycles. The predicted molar refractivity (Wildman–Crippen MR) is 114 cm³/mol. The largest absolute Gasteiger partial charge is 0.497 e. The summed E-state index contributed by atoms with van der Waals surface area (Å²) in [6.45, 7) is 0. The van der Waals surface area contributed by atoms with E-state index in [1.54, 1.807) is 14.2 Å². The van der Waals surface area contributed by atoms with Gasteiger partial charge in [-0.3, -0.25) is 0 Å². The van der Waals surface area contributed by atoms with Gasteiger partial charge in [0, 0.05) is 8.86 Å². The monoisotopic (exact) mass is 536 g/mol. The molecule has 0 N–H and O–H groups in total. The number of rotatable bonds is 8. The van der Waals surface area contributed by atoms with E-state index in [0.29, 0.717) is 0 Å². The Kier molecular flexibility index (Phi) is 7.46. The number of benzene rings is 2.